The van der Waals surface area contributed by atoms with Crippen molar-refractivity contribution in [3.8, 4) is 5.75 Å². The fourth-order valence-corrected chi connectivity index (χ4v) is 4.54. The van der Waals surface area contributed by atoms with Gasteiger partial charge in [0.1, 0.15) is 12.4 Å². The van der Waals surface area contributed by atoms with Gasteiger partial charge in [-0.1, -0.05) is 73.1 Å². The van der Waals surface area contributed by atoms with Crippen molar-refractivity contribution < 1.29 is 14.0 Å². The van der Waals surface area contributed by atoms with Crippen LogP contribution in [0, 0.1) is 0 Å². The van der Waals surface area contributed by atoms with Crippen LogP contribution in [0.3, 0.4) is 0 Å². The summed E-state index contributed by atoms with van der Waals surface area (Å²) in [6, 6.07) is 15.8. The van der Waals surface area contributed by atoms with Crippen LogP contribution in [0.25, 0.3) is 0 Å². The number of halogens is 1. The van der Waals surface area contributed by atoms with Gasteiger partial charge in [-0.15, -0.1) is 0 Å². The quantitative estimate of drug-likeness (QED) is 0.270. The molecule has 0 spiro atoms. The van der Waals surface area contributed by atoms with Crippen LogP contribution in [-0.2, 0) is 15.8 Å². The molecule has 2 rings (SSSR count). The summed E-state index contributed by atoms with van der Waals surface area (Å²) in [5, 5.41) is 3.57. The van der Waals surface area contributed by atoms with Crippen LogP contribution in [0.5, 0.6) is 5.75 Å². The summed E-state index contributed by atoms with van der Waals surface area (Å²) in [4.78, 5) is 11.1. The molecule has 0 heterocycles. The highest BCUT2D eigenvalue weighted by Crippen LogP contribution is 2.41. The molecule has 0 aromatic heterocycles. The third kappa shape index (κ3) is 5.93. The van der Waals surface area contributed by atoms with Crippen molar-refractivity contribution in [1.82, 2.24) is 0 Å². The SMILES string of the molecule is CC(C)(C)[Si](C)(C)OC(CBr)c1ccc(OCc2ccccc2)c(NC=O)c1. The maximum absolute atomic E-state index is 11.1. The lowest BCUT2D eigenvalue weighted by atomic mass is 10.1. The zero-order valence-corrected chi connectivity index (χ0v) is 19.9. The molecule has 6 heteroatoms. The van der Waals surface area contributed by atoms with Gasteiger partial charge < -0.3 is 14.5 Å². The molecule has 1 unspecified atom stereocenters. The van der Waals surface area contributed by atoms with Crippen LogP contribution in [-0.4, -0.2) is 20.1 Å². The molecule has 0 fully saturated rings. The van der Waals surface area contributed by atoms with E-state index >= 15 is 0 Å². The molecule has 1 amide bonds. The zero-order valence-electron chi connectivity index (χ0n) is 17.3. The largest absolute Gasteiger partial charge is 0.487 e. The standard InChI is InChI=1S/C22H30BrNO3Si/c1-22(2,3)28(4,5)27-21(14-23)18-11-12-20(19(13-18)24-16-25)26-15-17-9-7-6-8-10-17/h6-13,16,21H,14-15H2,1-5H3,(H,24,25). The minimum atomic E-state index is -1.93. The molecule has 0 aliphatic rings. The van der Waals surface area contributed by atoms with Crippen LogP contribution in [0.15, 0.2) is 48.5 Å². The molecule has 2 aromatic carbocycles. The molecule has 2 aromatic rings. The van der Waals surface area contributed by atoms with Gasteiger partial charge in [-0.2, -0.15) is 0 Å². The highest BCUT2D eigenvalue weighted by Gasteiger charge is 2.39. The molecule has 0 aliphatic carbocycles. The monoisotopic (exact) mass is 463 g/mol. The van der Waals surface area contributed by atoms with E-state index in [1.165, 1.54) is 0 Å². The summed E-state index contributed by atoms with van der Waals surface area (Å²) in [7, 11) is -1.93. The first-order valence-electron chi connectivity index (χ1n) is 9.42. The van der Waals surface area contributed by atoms with E-state index in [1.807, 2.05) is 48.5 Å². The van der Waals surface area contributed by atoms with E-state index in [0.29, 0.717) is 29.8 Å². The van der Waals surface area contributed by atoms with Crippen molar-refractivity contribution in [3.05, 3.63) is 59.7 Å². The Morgan fingerprint density at radius 3 is 2.39 bits per heavy atom. The number of hydrogen-bond acceptors (Lipinski definition) is 3. The third-order valence-corrected chi connectivity index (χ3v) is 10.3. The number of rotatable bonds is 9. The van der Waals surface area contributed by atoms with E-state index in [2.05, 4.69) is 55.1 Å². The van der Waals surface area contributed by atoms with E-state index in [1.54, 1.807) is 0 Å². The maximum Gasteiger partial charge on any atom is 0.211 e. The molecule has 0 aliphatic heterocycles. The number of hydrogen-bond donors (Lipinski definition) is 1. The van der Waals surface area contributed by atoms with Gasteiger partial charge >= 0.3 is 0 Å². The second kappa shape index (κ2) is 9.72. The predicted octanol–water partition coefficient (Wildman–Crippen LogP) is 6.29. The average Bonchev–Trinajstić information content (AvgIpc) is 2.65. The van der Waals surface area contributed by atoms with Gasteiger partial charge in [-0.05, 0) is 41.4 Å². The molecule has 1 N–H and O–H groups in total. The normalized spacial score (nSPS) is 13.1. The van der Waals surface area contributed by atoms with Gasteiger partial charge in [0.2, 0.25) is 6.41 Å². The summed E-state index contributed by atoms with van der Waals surface area (Å²) in [5.41, 5.74) is 2.73. The van der Waals surface area contributed by atoms with Crippen LogP contribution in [0.4, 0.5) is 5.69 Å². The van der Waals surface area contributed by atoms with Crippen molar-refractivity contribution >= 4 is 36.3 Å². The van der Waals surface area contributed by atoms with Gasteiger partial charge in [0.25, 0.3) is 0 Å². The number of amides is 1. The van der Waals surface area contributed by atoms with E-state index in [4.69, 9.17) is 9.16 Å². The van der Waals surface area contributed by atoms with Crippen LogP contribution < -0.4 is 10.1 Å². The highest BCUT2D eigenvalue weighted by atomic mass is 79.9. The van der Waals surface area contributed by atoms with Gasteiger partial charge in [-0.25, -0.2) is 0 Å². The Kier molecular flexibility index (Phi) is 7.86. The first kappa shape index (κ1) is 22.7. The number of ether oxygens (including phenoxy) is 1. The van der Waals surface area contributed by atoms with E-state index in [-0.39, 0.29) is 11.1 Å². The number of anilines is 1. The second-order valence-electron chi connectivity index (χ2n) is 8.31. The fourth-order valence-electron chi connectivity index (χ4n) is 2.51. The van der Waals surface area contributed by atoms with Gasteiger partial charge in [-0.3, -0.25) is 4.79 Å². The Labute approximate surface area is 177 Å². The highest BCUT2D eigenvalue weighted by molar-refractivity contribution is 9.09. The molecule has 4 nitrogen and oxygen atoms in total. The van der Waals surface area contributed by atoms with Gasteiger partial charge in [0.15, 0.2) is 8.32 Å². The van der Waals surface area contributed by atoms with Crippen molar-refractivity contribution in [2.45, 2.75) is 51.6 Å². The average molecular weight is 464 g/mol. The van der Waals surface area contributed by atoms with E-state index in [9.17, 15) is 4.79 Å². The Morgan fingerprint density at radius 1 is 1.14 bits per heavy atom. The second-order valence-corrected chi connectivity index (χ2v) is 13.7. The number of nitrogens with one attached hydrogen (secondary N) is 1. The zero-order chi connectivity index (χ0) is 20.8. The number of alkyl halides is 1. The topological polar surface area (TPSA) is 47.6 Å². The summed E-state index contributed by atoms with van der Waals surface area (Å²) >= 11 is 3.59. The molecular formula is C22H30BrNO3Si. The Hall–Kier alpha value is -1.63. The number of carbonyl (C=O) groups excluding carboxylic acids is 1. The Balaban J connectivity index is 2.23. The molecule has 0 radical (unpaired) electrons. The minimum Gasteiger partial charge on any atom is -0.487 e. The first-order chi connectivity index (χ1) is 13.2. The Bertz CT molecular complexity index is 775. The molecule has 0 saturated carbocycles. The van der Waals surface area contributed by atoms with Crippen molar-refractivity contribution in [3.63, 3.8) is 0 Å². The third-order valence-electron chi connectivity index (χ3n) is 5.21. The fraction of sp³-hybridized carbons (Fsp3) is 0.409. The molecule has 152 valence electrons. The van der Waals surface area contributed by atoms with Crippen LogP contribution >= 0.6 is 15.9 Å². The minimum absolute atomic E-state index is 0.0868. The van der Waals surface area contributed by atoms with Crippen molar-refractivity contribution in [1.29, 1.82) is 0 Å². The summed E-state index contributed by atoms with van der Waals surface area (Å²) < 4.78 is 12.5. The van der Waals surface area contributed by atoms with Gasteiger partial charge in [0.05, 0.1) is 11.8 Å². The molecule has 0 saturated heterocycles. The lowest BCUT2D eigenvalue weighted by molar-refractivity contribution is -0.105. The van der Waals surface area contributed by atoms with Gasteiger partial charge in [0, 0.05) is 5.33 Å². The summed E-state index contributed by atoms with van der Waals surface area (Å²) in [6.45, 7) is 11.6. The van der Waals surface area contributed by atoms with Crippen molar-refractivity contribution in [2.75, 3.05) is 10.6 Å². The smallest absolute Gasteiger partial charge is 0.211 e. The lowest BCUT2D eigenvalue weighted by Gasteiger charge is -2.39. The van der Waals surface area contributed by atoms with Crippen molar-refractivity contribution in [2.24, 2.45) is 0 Å². The van der Waals surface area contributed by atoms with Crippen LogP contribution in [0.2, 0.25) is 18.1 Å². The summed E-state index contributed by atoms with van der Waals surface area (Å²) in [5.74, 6) is 0.639. The first-order valence-corrected chi connectivity index (χ1v) is 13.5. The number of carbonyl (C=O) groups is 1. The van der Waals surface area contributed by atoms with Crippen LogP contribution in [0.1, 0.15) is 38.0 Å². The lowest BCUT2D eigenvalue weighted by Crippen LogP contribution is -2.42. The predicted molar refractivity (Wildman–Crippen MR) is 122 cm³/mol. The number of benzene rings is 2. The molecule has 0 bridgehead atoms. The van der Waals surface area contributed by atoms with E-state index in [0.717, 1.165) is 11.1 Å². The Morgan fingerprint density at radius 2 is 1.82 bits per heavy atom. The van der Waals surface area contributed by atoms with E-state index < -0.39 is 8.32 Å². The summed E-state index contributed by atoms with van der Waals surface area (Å²) in [6.07, 6.45) is 0.586. The maximum atomic E-state index is 11.1. The molecular weight excluding hydrogens is 434 g/mol. The molecule has 28 heavy (non-hydrogen) atoms. The molecule has 1 atom stereocenters.